The number of nitrogen functional groups attached to an aromatic ring is 1. The lowest BCUT2D eigenvalue weighted by Crippen LogP contribution is -2.12. The van der Waals surface area contributed by atoms with Crippen LogP contribution in [0.15, 0.2) is 42.6 Å². The quantitative estimate of drug-likeness (QED) is 0.743. The smallest absolute Gasteiger partial charge is 0.110 e. The predicted molar refractivity (Wildman–Crippen MR) is 86.2 cm³/mol. The normalized spacial score (nSPS) is 12.7. The van der Waals surface area contributed by atoms with Gasteiger partial charge in [0.25, 0.3) is 0 Å². The third kappa shape index (κ3) is 2.49. The molecule has 3 aromatic rings. The molecule has 21 heavy (non-hydrogen) atoms. The zero-order chi connectivity index (χ0) is 14.8. The molecule has 0 bridgehead atoms. The lowest BCUT2D eigenvalue weighted by Gasteiger charge is -2.17. The van der Waals surface area contributed by atoms with Crippen LogP contribution in [0.25, 0.3) is 11.0 Å². The summed E-state index contributed by atoms with van der Waals surface area (Å²) in [5, 5.41) is 0. The van der Waals surface area contributed by atoms with E-state index < -0.39 is 0 Å². The van der Waals surface area contributed by atoms with E-state index in [1.807, 2.05) is 30.5 Å². The molecule has 0 aliphatic heterocycles. The number of aromatic nitrogens is 3. The Hall–Kier alpha value is -2.36. The van der Waals surface area contributed by atoms with E-state index in [0.717, 1.165) is 41.1 Å². The molecule has 1 unspecified atom stereocenters. The van der Waals surface area contributed by atoms with Crippen LogP contribution < -0.4 is 5.73 Å². The molecule has 2 N–H and O–H groups in total. The van der Waals surface area contributed by atoms with Gasteiger partial charge in [-0.15, -0.1) is 0 Å². The van der Waals surface area contributed by atoms with Crippen molar-refractivity contribution in [2.45, 2.75) is 32.7 Å². The molecule has 0 saturated heterocycles. The maximum absolute atomic E-state index is 5.88. The van der Waals surface area contributed by atoms with E-state index in [1.165, 1.54) is 0 Å². The van der Waals surface area contributed by atoms with Crippen LogP contribution in [0.3, 0.4) is 0 Å². The first-order valence-electron chi connectivity index (χ1n) is 7.38. The molecule has 4 heteroatoms. The summed E-state index contributed by atoms with van der Waals surface area (Å²) >= 11 is 0. The molecule has 2 aromatic heterocycles. The van der Waals surface area contributed by atoms with Gasteiger partial charge in [0, 0.05) is 18.3 Å². The first-order chi connectivity index (χ1) is 10.2. The van der Waals surface area contributed by atoms with Crippen LogP contribution >= 0.6 is 0 Å². The monoisotopic (exact) mass is 280 g/mol. The molecule has 1 atom stereocenters. The molecule has 0 aliphatic rings. The molecule has 0 fully saturated rings. The van der Waals surface area contributed by atoms with Crippen LogP contribution in [-0.4, -0.2) is 14.5 Å². The van der Waals surface area contributed by atoms with Crippen molar-refractivity contribution in [1.82, 2.24) is 14.5 Å². The number of aryl methyl sites for hydroxylation is 1. The van der Waals surface area contributed by atoms with Gasteiger partial charge in [-0.1, -0.05) is 13.0 Å². The Balaban J connectivity index is 2.17. The van der Waals surface area contributed by atoms with Crippen LogP contribution in [0.5, 0.6) is 0 Å². The summed E-state index contributed by atoms with van der Waals surface area (Å²) in [6.45, 7) is 4.34. The van der Waals surface area contributed by atoms with Crippen LogP contribution in [-0.2, 0) is 6.42 Å². The minimum atomic E-state index is 0.154. The van der Waals surface area contributed by atoms with E-state index in [-0.39, 0.29) is 6.04 Å². The molecule has 108 valence electrons. The van der Waals surface area contributed by atoms with E-state index in [9.17, 15) is 0 Å². The summed E-state index contributed by atoms with van der Waals surface area (Å²) in [6.07, 6.45) is 3.85. The Morgan fingerprint density at radius 3 is 2.81 bits per heavy atom. The Bertz CT molecular complexity index is 746. The molecule has 0 saturated carbocycles. The standard InChI is InChI=1S/C17H20N4/c1-3-6-17-20-15-11-13(18)8-9-16(15)21(17)12(2)14-7-4-5-10-19-14/h4-5,7-12H,3,6,18H2,1-2H3. The van der Waals surface area contributed by atoms with Gasteiger partial charge in [0.1, 0.15) is 5.82 Å². The number of hydrogen-bond donors (Lipinski definition) is 1. The fourth-order valence-electron chi connectivity index (χ4n) is 2.75. The third-order valence-corrected chi connectivity index (χ3v) is 3.76. The lowest BCUT2D eigenvalue weighted by atomic mass is 10.2. The van der Waals surface area contributed by atoms with Crippen molar-refractivity contribution in [2.75, 3.05) is 5.73 Å². The number of benzene rings is 1. The zero-order valence-electron chi connectivity index (χ0n) is 12.5. The van der Waals surface area contributed by atoms with Crippen LogP contribution in [0.4, 0.5) is 5.69 Å². The third-order valence-electron chi connectivity index (χ3n) is 3.76. The fourth-order valence-corrected chi connectivity index (χ4v) is 2.75. The van der Waals surface area contributed by atoms with Gasteiger partial charge in [-0.25, -0.2) is 4.98 Å². The molecule has 0 spiro atoms. The molecule has 0 aliphatic carbocycles. The van der Waals surface area contributed by atoms with Gasteiger partial charge in [-0.05, 0) is 43.7 Å². The number of fused-ring (bicyclic) bond motifs is 1. The predicted octanol–water partition coefficient (Wildman–Crippen LogP) is 3.58. The highest BCUT2D eigenvalue weighted by atomic mass is 15.1. The largest absolute Gasteiger partial charge is 0.399 e. The molecular formula is C17H20N4. The van der Waals surface area contributed by atoms with E-state index in [4.69, 9.17) is 10.7 Å². The van der Waals surface area contributed by atoms with E-state index >= 15 is 0 Å². The average Bonchev–Trinajstić information content (AvgIpc) is 2.85. The van der Waals surface area contributed by atoms with Crippen molar-refractivity contribution < 1.29 is 0 Å². The maximum Gasteiger partial charge on any atom is 0.110 e. The molecule has 2 heterocycles. The Morgan fingerprint density at radius 1 is 1.24 bits per heavy atom. The summed E-state index contributed by atoms with van der Waals surface area (Å²) in [5.41, 5.74) is 9.76. The molecular weight excluding hydrogens is 260 g/mol. The zero-order valence-corrected chi connectivity index (χ0v) is 12.5. The van der Waals surface area contributed by atoms with Crippen molar-refractivity contribution in [3.8, 4) is 0 Å². The topological polar surface area (TPSA) is 56.7 Å². The Kier molecular flexibility index (Phi) is 3.60. The first kappa shape index (κ1) is 13.6. The number of pyridine rings is 1. The maximum atomic E-state index is 5.88. The van der Waals surface area contributed by atoms with Crippen molar-refractivity contribution in [3.63, 3.8) is 0 Å². The molecule has 4 nitrogen and oxygen atoms in total. The van der Waals surface area contributed by atoms with Crippen LogP contribution in [0.1, 0.15) is 37.8 Å². The van der Waals surface area contributed by atoms with Crippen molar-refractivity contribution in [3.05, 3.63) is 54.1 Å². The molecule has 0 radical (unpaired) electrons. The lowest BCUT2D eigenvalue weighted by molar-refractivity contribution is 0.598. The van der Waals surface area contributed by atoms with Crippen molar-refractivity contribution >= 4 is 16.7 Å². The Labute approximate surface area is 124 Å². The summed E-state index contributed by atoms with van der Waals surface area (Å²) in [6, 6.07) is 12.1. The summed E-state index contributed by atoms with van der Waals surface area (Å²) in [7, 11) is 0. The number of rotatable bonds is 4. The van der Waals surface area contributed by atoms with E-state index in [2.05, 4.69) is 35.5 Å². The minimum absolute atomic E-state index is 0.154. The van der Waals surface area contributed by atoms with Gasteiger partial charge in [0.05, 0.1) is 22.8 Å². The van der Waals surface area contributed by atoms with Gasteiger partial charge in [-0.2, -0.15) is 0 Å². The van der Waals surface area contributed by atoms with E-state index in [0.29, 0.717) is 0 Å². The highest BCUT2D eigenvalue weighted by Gasteiger charge is 2.17. The second kappa shape index (κ2) is 5.56. The first-order valence-corrected chi connectivity index (χ1v) is 7.38. The van der Waals surface area contributed by atoms with Crippen LogP contribution in [0.2, 0.25) is 0 Å². The van der Waals surface area contributed by atoms with Crippen LogP contribution in [0, 0.1) is 0 Å². The Morgan fingerprint density at radius 2 is 2.10 bits per heavy atom. The van der Waals surface area contributed by atoms with Crippen molar-refractivity contribution in [2.24, 2.45) is 0 Å². The summed E-state index contributed by atoms with van der Waals surface area (Å²) < 4.78 is 2.28. The van der Waals surface area contributed by atoms with Gasteiger partial charge in [0.2, 0.25) is 0 Å². The highest BCUT2D eigenvalue weighted by Crippen LogP contribution is 2.26. The second-order valence-corrected chi connectivity index (χ2v) is 5.33. The van der Waals surface area contributed by atoms with Crippen molar-refractivity contribution in [1.29, 1.82) is 0 Å². The number of nitrogens with zero attached hydrogens (tertiary/aromatic N) is 3. The number of anilines is 1. The molecule has 1 aromatic carbocycles. The van der Waals surface area contributed by atoms with Gasteiger partial charge in [0.15, 0.2) is 0 Å². The van der Waals surface area contributed by atoms with Gasteiger partial charge < -0.3 is 10.3 Å². The SMILES string of the molecule is CCCc1nc2cc(N)ccc2n1C(C)c1ccccn1. The average molecular weight is 280 g/mol. The van der Waals surface area contributed by atoms with E-state index in [1.54, 1.807) is 0 Å². The molecule has 0 amide bonds. The van der Waals surface area contributed by atoms with Gasteiger partial charge >= 0.3 is 0 Å². The fraction of sp³-hybridized carbons (Fsp3) is 0.294. The number of imidazole rings is 1. The summed E-state index contributed by atoms with van der Waals surface area (Å²) in [4.78, 5) is 9.25. The highest BCUT2D eigenvalue weighted by molar-refractivity contribution is 5.80. The van der Waals surface area contributed by atoms with Gasteiger partial charge in [-0.3, -0.25) is 4.98 Å². The number of nitrogens with two attached hydrogens (primary N) is 1. The summed E-state index contributed by atoms with van der Waals surface area (Å²) in [5.74, 6) is 1.09. The number of hydrogen-bond acceptors (Lipinski definition) is 3. The molecule has 3 rings (SSSR count). The minimum Gasteiger partial charge on any atom is -0.399 e. The second-order valence-electron chi connectivity index (χ2n) is 5.33.